The van der Waals surface area contributed by atoms with E-state index >= 15 is 0 Å². The first-order chi connectivity index (χ1) is 5.88. The fourth-order valence-corrected chi connectivity index (χ4v) is 1.01. The Balaban J connectivity index is 2.85. The lowest BCUT2D eigenvalue weighted by atomic mass is 10.4. The van der Waals surface area contributed by atoms with Crippen LogP contribution in [0.25, 0.3) is 6.08 Å². The van der Waals surface area contributed by atoms with E-state index in [9.17, 15) is 0 Å². The number of nitriles is 1. The molecule has 1 heterocycles. The van der Waals surface area contributed by atoms with Crippen molar-refractivity contribution in [2.24, 2.45) is 0 Å². The summed E-state index contributed by atoms with van der Waals surface area (Å²) in [7, 11) is 0. The molecule has 1 aromatic rings. The average molecular weight is 158 g/mol. The number of rotatable bonds is 3. The average Bonchev–Trinajstić information content (AvgIpc) is 2.50. The summed E-state index contributed by atoms with van der Waals surface area (Å²) in [6.45, 7) is 4.42. The van der Waals surface area contributed by atoms with E-state index in [-0.39, 0.29) is 0 Å². The Kier molecular flexibility index (Phi) is 2.92. The van der Waals surface area contributed by atoms with Crippen LogP contribution in [0.5, 0.6) is 0 Å². The van der Waals surface area contributed by atoms with E-state index in [1.807, 2.05) is 35.0 Å². The molecule has 0 atom stereocenters. The minimum atomic E-state index is 0.776. The zero-order valence-electron chi connectivity index (χ0n) is 6.77. The molecule has 0 aliphatic rings. The van der Waals surface area contributed by atoms with Gasteiger partial charge in [0.1, 0.15) is 0 Å². The van der Waals surface area contributed by atoms with Gasteiger partial charge in [-0.2, -0.15) is 5.26 Å². The Labute approximate surface area is 72.1 Å². The molecule has 0 unspecified atom stereocenters. The molecule has 0 N–H and O–H groups in total. The molecule has 2 nitrogen and oxygen atoms in total. The standard InChI is InChI=1S/C10H10N2/c1-2-8-12-9-4-6-10(12)5-3-7-11/h2-6,9H,1,8H2/b5-3+. The van der Waals surface area contributed by atoms with Gasteiger partial charge in [-0.05, 0) is 18.2 Å². The maximum Gasteiger partial charge on any atom is 0.0912 e. The summed E-state index contributed by atoms with van der Waals surface area (Å²) in [5.74, 6) is 0. The lowest BCUT2D eigenvalue weighted by Crippen LogP contribution is -1.94. The van der Waals surface area contributed by atoms with Gasteiger partial charge in [0.2, 0.25) is 0 Å². The van der Waals surface area contributed by atoms with E-state index in [2.05, 4.69) is 6.58 Å². The predicted molar refractivity (Wildman–Crippen MR) is 49.3 cm³/mol. The van der Waals surface area contributed by atoms with Crippen LogP contribution in [-0.4, -0.2) is 4.57 Å². The molecule has 0 radical (unpaired) electrons. The van der Waals surface area contributed by atoms with Crippen LogP contribution in [0.1, 0.15) is 5.69 Å². The Morgan fingerprint density at radius 1 is 1.67 bits per heavy atom. The summed E-state index contributed by atoms with van der Waals surface area (Å²) in [4.78, 5) is 0. The normalized spacial score (nSPS) is 9.92. The van der Waals surface area contributed by atoms with Crippen LogP contribution in [0.3, 0.4) is 0 Å². The Hall–Kier alpha value is -1.75. The summed E-state index contributed by atoms with van der Waals surface area (Å²) < 4.78 is 2.01. The summed E-state index contributed by atoms with van der Waals surface area (Å²) >= 11 is 0. The number of allylic oxidation sites excluding steroid dienone is 2. The summed E-state index contributed by atoms with van der Waals surface area (Å²) in [5.41, 5.74) is 1.02. The second kappa shape index (κ2) is 4.20. The highest BCUT2D eigenvalue weighted by Crippen LogP contribution is 2.04. The van der Waals surface area contributed by atoms with Crippen molar-refractivity contribution in [3.05, 3.63) is 42.8 Å². The topological polar surface area (TPSA) is 28.7 Å². The highest BCUT2D eigenvalue weighted by atomic mass is 14.9. The molecule has 2 heteroatoms. The van der Waals surface area contributed by atoms with Crippen LogP contribution >= 0.6 is 0 Å². The molecule has 1 aromatic heterocycles. The Morgan fingerprint density at radius 2 is 2.50 bits per heavy atom. The smallest absolute Gasteiger partial charge is 0.0912 e. The van der Waals surface area contributed by atoms with E-state index in [0.717, 1.165) is 12.2 Å². The van der Waals surface area contributed by atoms with Crippen LogP contribution in [0.15, 0.2) is 37.1 Å². The molecule has 60 valence electrons. The Bertz CT molecular complexity index is 326. The van der Waals surface area contributed by atoms with Crippen molar-refractivity contribution >= 4 is 6.08 Å². The molecular weight excluding hydrogens is 148 g/mol. The zero-order valence-corrected chi connectivity index (χ0v) is 6.77. The van der Waals surface area contributed by atoms with Gasteiger partial charge in [-0.15, -0.1) is 6.58 Å². The number of hydrogen-bond donors (Lipinski definition) is 0. The van der Waals surface area contributed by atoms with Gasteiger partial charge in [0.15, 0.2) is 0 Å². The lowest BCUT2D eigenvalue weighted by molar-refractivity contribution is 0.822. The maximum absolute atomic E-state index is 8.32. The molecule has 1 rings (SSSR count). The Morgan fingerprint density at radius 3 is 3.17 bits per heavy atom. The van der Waals surface area contributed by atoms with Gasteiger partial charge in [-0.3, -0.25) is 0 Å². The SMILES string of the molecule is C=CCn1cccc1/C=C/C#N. The third-order valence-electron chi connectivity index (χ3n) is 1.52. The quantitative estimate of drug-likeness (QED) is 0.489. The molecule has 0 saturated carbocycles. The first-order valence-corrected chi connectivity index (χ1v) is 3.70. The highest BCUT2D eigenvalue weighted by Gasteiger charge is 1.92. The minimum Gasteiger partial charge on any atom is -0.344 e. The van der Waals surface area contributed by atoms with Gasteiger partial charge in [0.25, 0.3) is 0 Å². The highest BCUT2D eigenvalue weighted by molar-refractivity contribution is 5.48. The van der Waals surface area contributed by atoms with Crippen molar-refractivity contribution in [1.82, 2.24) is 4.57 Å². The van der Waals surface area contributed by atoms with Gasteiger partial charge in [0.05, 0.1) is 6.07 Å². The van der Waals surface area contributed by atoms with E-state index in [4.69, 9.17) is 5.26 Å². The van der Waals surface area contributed by atoms with Crippen LogP contribution in [0.2, 0.25) is 0 Å². The summed E-state index contributed by atoms with van der Waals surface area (Å²) in [5, 5.41) is 8.32. The largest absolute Gasteiger partial charge is 0.344 e. The predicted octanol–water partition coefficient (Wildman–Crippen LogP) is 2.21. The monoisotopic (exact) mass is 158 g/mol. The van der Waals surface area contributed by atoms with Crippen LogP contribution in [-0.2, 0) is 6.54 Å². The first kappa shape index (κ1) is 8.35. The molecule has 0 saturated heterocycles. The first-order valence-electron chi connectivity index (χ1n) is 3.70. The van der Waals surface area contributed by atoms with Crippen LogP contribution in [0.4, 0.5) is 0 Å². The molecule has 0 amide bonds. The van der Waals surface area contributed by atoms with Crippen LogP contribution in [0, 0.1) is 11.3 Å². The van der Waals surface area contributed by atoms with E-state index in [1.165, 1.54) is 6.08 Å². The van der Waals surface area contributed by atoms with Crippen molar-refractivity contribution < 1.29 is 0 Å². The maximum atomic E-state index is 8.32. The van der Waals surface area contributed by atoms with Gasteiger partial charge in [-0.25, -0.2) is 0 Å². The van der Waals surface area contributed by atoms with Gasteiger partial charge >= 0.3 is 0 Å². The fourth-order valence-electron chi connectivity index (χ4n) is 1.01. The van der Waals surface area contributed by atoms with Crippen LogP contribution < -0.4 is 0 Å². The van der Waals surface area contributed by atoms with Crippen molar-refractivity contribution in [3.63, 3.8) is 0 Å². The minimum absolute atomic E-state index is 0.776. The molecule has 0 aromatic carbocycles. The second-order valence-electron chi connectivity index (χ2n) is 2.34. The van der Waals surface area contributed by atoms with Crippen molar-refractivity contribution in [3.8, 4) is 6.07 Å². The zero-order chi connectivity index (χ0) is 8.81. The van der Waals surface area contributed by atoms with Gasteiger partial charge < -0.3 is 4.57 Å². The number of hydrogen-bond acceptors (Lipinski definition) is 1. The summed E-state index contributed by atoms with van der Waals surface area (Å²) in [6, 6.07) is 5.86. The molecule has 0 bridgehead atoms. The number of nitrogens with zero attached hydrogens (tertiary/aromatic N) is 2. The molecule has 12 heavy (non-hydrogen) atoms. The molecule has 0 aliphatic heterocycles. The van der Waals surface area contributed by atoms with E-state index in [0.29, 0.717) is 0 Å². The van der Waals surface area contributed by atoms with Gasteiger partial charge in [0, 0.05) is 24.5 Å². The lowest BCUT2D eigenvalue weighted by Gasteiger charge is -1.99. The van der Waals surface area contributed by atoms with E-state index in [1.54, 1.807) is 6.08 Å². The summed E-state index contributed by atoms with van der Waals surface area (Å²) in [6.07, 6.45) is 7.03. The third-order valence-corrected chi connectivity index (χ3v) is 1.52. The molecular formula is C10H10N2. The molecule has 0 spiro atoms. The number of aromatic nitrogens is 1. The molecule has 0 aliphatic carbocycles. The van der Waals surface area contributed by atoms with Crippen molar-refractivity contribution in [2.45, 2.75) is 6.54 Å². The second-order valence-corrected chi connectivity index (χ2v) is 2.34. The van der Waals surface area contributed by atoms with E-state index < -0.39 is 0 Å². The van der Waals surface area contributed by atoms with Gasteiger partial charge in [-0.1, -0.05) is 6.08 Å². The van der Waals surface area contributed by atoms with Crippen molar-refractivity contribution in [2.75, 3.05) is 0 Å². The van der Waals surface area contributed by atoms with Crippen molar-refractivity contribution in [1.29, 1.82) is 5.26 Å². The third kappa shape index (κ3) is 1.86. The molecule has 0 fully saturated rings. The fraction of sp³-hybridized carbons (Fsp3) is 0.100.